The lowest BCUT2D eigenvalue weighted by atomic mass is 10.0. The van der Waals surface area contributed by atoms with Gasteiger partial charge in [-0.3, -0.25) is 4.79 Å². The fourth-order valence-electron chi connectivity index (χ4n) is 3.52. The number of aromatic nitrogens is 2. The molecular weight excluding hydrogens is 368 g/mol. The van der Waals surface area contributed by atoms with E-state index in [9.17, 15) is 4.79 Å². The molecule has 0 N–H and O–H groups in total. The summed E-state index contributed by atoms with van der Waals surface area (Å²) < 4.78 is 8.29. The lowest BCUT2D eigenvalue weighted by Crippen LogP contribution is -2.44. The molecular formula is C21H39N4O2Si+. The minimum atomic E-state index is -0.830. The van der Waals surface area contributed by atoms with E-state index in [0.29, 0.717) is 25.5 Å². The Labute approximate surface area is 173 Å². The molecule has 0 saturated carbocycles. The van der Waals surface area contributed by atoms with Gasteiger partial charge in [-0.15, -0.1) is 0 Å². The Kier molecular flexibility index (Phi) is 8.71. The zero-order valence-corrected chi connectivity index (χ0v) is 19.7. The summed E-state index contributed by atoms with van der Waals surface area (Å²) in [4.78, 5) is 21.3. The van der Waals surface area contributed by atoms with Crippen molar-refractivity contribution in [3.63, 3.8) is 0 Å². The molecule has 1 aliphatic heterocycles. The van der Waals surface area contributed by atoms with Gasteiger partial charge in [-0.05, 0) is 47.2 Å². The molecule has 158 valence electrons. The van der Waals surface area contributed by atoms with Crippen molar-refractivity contribution in [1.82, 2.24) is 19.4 Å². The van der Waals surface area contributed by atoms with Crippen LogP contribution in [0, 0.1) is 0 Å². The minimum Gasteiger partial charge on any atom is -0.343 e. The molecule has 0 aliphatic carbocycles. The van der Waals surface area contributed by atoms with Crippen LogP contribution in [0.25, 0.3) is 0 Å². The topological polar surface area (TPSA) is 50.6 Å². The summed E-state index contributed by atoms with van der Waals surface area (Å²) in [5, 5.41) is 0.287. The summed E-state index contributed by atoms with van der Waals surface area (Å²) in [7, 11) is 3.41. The monoisotopic (exact) mass is 407 g/mol. The van der Waals surface area contributed by atoms with Crippen LogP contribution in [0.4, 0.5) is 0 Å². The van der Waals surface area contributed by atoms with Crippen LogP contribution in [0.1, 0.15) is 52.3 Å². The van der Waals surface area contributed by atoms with Crippen molar-refractivity contribution in [3.05, 3.63) is 18.2 Å². The highest BCUT2D eigenvalue weighted by Gasteiger charge is 2.41. The average Bonchev–Trinajstić information content (AvgIpc) is 3.13. The predicted molar refractivity (Wildman–Crippen MR) is 116 cm³/mol. The number of imidazole rings is 1. The van der Waals surface area contributed by atoms with Gasteiger partial charge in [0.15, 0.2) is 0 Å². The molecule has 6 nitrogen and oxygen atoms in total. The highest BCUT2D eigenvalue weighted by atomic mass is 28.3. The normalized spacial score (nSPS) is 16.0. The van der Waals surface area contributed by atoms with Crippen molar-refractivity contribution in [3.8, 4) is 0 Å². The second-order valence-corrected chi connectivity index (χ2v) is 11.5. The van der Waals surface area contributed by atoms with E-state index in [2.05, 4.69) is 55.9 Å². The van der Waals surface area contributed by atoms with Crippen molar-refractivity contribution in [2.75, 3.05) is 33.8 Å². The molecule has 1 saturated heterocycles. The van der Waals surface area contributed by atoms with Crippen molar-refractivity contribution in [2.24, 2.45) is 0 Å². The standard InChI is InChI=1S/C21H39N4O2Si/c1-7-21(2,3)28(6)27-17-16-24-15-12-22-19(24)8-9-20(26)25-13-10-18(11-14-25)23(4)5/h12,15,18H,7-11,13-14,16-17H2,1-6H3/q+1. The van der Waals surface area contributed by atoms with Crippen LogP contribution < -0.4 is 0 Å². The number of likely N-dealkylation sites (tertiary alicyclic amines) is 1. The number of aryl methyl sites for hydroxylation is 1. The molecule has 0 unspecified atom stereocenters. The number of hydrogen-bond donors (Lipinski definition) is 0. The fraction of sp³-hybridized carbons (Fsp3) is 0.810. The van der Waals surface area contributed by atoms with E-state index in [0.717, 1.165) is 44.7 Å². The summed E-state index contributed by atoms with van der Waals surface area (Å²) in [6, 6.07) is 0.602. The number of rotatable bonds is 10. The van der Waals surface area contributed by atoms with Gasteiger partial charge in [0.05, 0.1) is 13.1 Å². The van der Waals surface area contributed by atoms with E-state index in [1.807, 2.05) is 17.3 Å². The van der Waals surface area contributed by atoms with Crippen LogP contribution in [0.3, 0.4) is 0 Å². The van der Waals surface area contributed by atoms with Crippen molar-refractivity contribution >= 4 is 14.9 Å². The number of carbonyl (C=O) groups is 1. The minimum absolute atomic E-state index is 0.256. The Morgan fingerprint density at radius 2 is 2.04 bits per heavy atom. The summed E-state index contributed by atoms with van der Waals surface area (Å²) in [6.07, 6.45) is 8.34. The molecule has 1 amide bonds. The van der Waals surface area contributed by atoms with E-state index >= 15 is 0 Å². The van der Waals surface area contributed by atoms with Crippen LogP contribution in [0.15, 0.2) is 12.4 Å². The maximum Gasteiger partial charge on any atom is 0.475 e. The van der Waals surface area contributed by atoms with Gasteiger partial charge < -0.3 is 14.4 Å². The molecule has 0 radical (unpaired) electrons. The first-order valence-corrected chi connectivity index (χ1v) is 12.6. The van der Waals surface area contributed by atoms with E-state index in [-0.39, 0.29) is 10.9 Å². The third-order valence-corrected chi connectivity index (χ3v) is 9.30. The molecule has 1 aliphatic rings. The second-order valence-electron chi connectivity index (χ2n) is 8.75. The number of amides is 1. The molecule has 1 aromatic heterocycles. The van der Waals surface area contributed by atoms with Crippen molar-refractivity contribution in [2.45, 2.75) is 77.0 Å². The quantitative estimate of drug-likeness (QED) is 0.559. The predicted octanol–water partition coefficient (Wildman–Crippen LogP) is 3.20. The Morgan fingerprint density at radius 3 is 2.64 bits per heavy atom. The van der Waals surface area contributed by atoms with Crippen LogP contribution in [0.5, 0.6) is 0 Å². The van der Waals surface area contributed by atoms with Crippen LogP contribution in [-0.4, -0.2) is 74.1 Å². The van der Waals surface area contributed by atoms with Gasteiger partial charge in [0.25, 0.3) is 0 Å². The Morgan fingerprint density at radius 1 is 1.36 bits per heavy atom. The van der Waals surface area contributed by atoms with Gasteiger partial charge in [-0.1, -0.05) is 6.92 Å². The highest BCUT2D eigenvalue weighted by Crippen LogP contribution is 2.32. The lowest BCUT2D eigenvalue weighted by molar-refractivity contribution is -0.132. The third-order valence-electron chi connectivity index (χ3n) is 6.40. The molecule has 2 rings (SSSR count). The van der Waals surface area contributed by atoms with Gasteiger partial charge in [-0.25, -0.2) is 9.41 Å². The Balaban J connectivity index is 1.76. The SMILES string of the molecule is CCC(C)(C)[Si+](C)OCCn1ccnc1CCC(=O)N1CCC(N(C)C)CC1. The van der Waals surface area contributed by atoms with E-state index < -0.39 is 9.04 Å². The summed E-state index contributed by atoms with van der Waals surface area (Å²) in [5.41, 5.74) is 0. The third kappa shape index (κ3) is 6.42. The molecule has 1 aromatic rings. The first-order valence-electron chi connectivity index (χ1n) is 10.7. The van der Waals surface area contributed by atoms with E-state index in [1.165, 1.54) is 0 Å². The summed E-state index contributed by atoms with van der Waals surface area (Å²) in [5.74, 6) is 1.24. The maximum atomic E-state index is 12.6. The largest absolute Gasteiger partial charge is 0.475 e. The number of carbonyl (C=O) groups excluding carboxylic acids is 1. The zero-order chi connectivity index (χ0) is 20.7. The summed E-state index contributed by atoms with van der Waals surface area (Å²) >= 11 is 0. The van der Waals surface area contributed by atoms with E-state index in [1.54, 1.807) is 0 Å². The Hall–Kier alpha value is -1.18. The van der Waals surface area contributed by atoms with Gasteiger partial charge >= 0.3 is 9.04 Å². The number of hydrogen-bond acceptors (Lipinski definition) is 4. The lowest BCUT2D eigenvalue weighted by Gasteiger charge is -2.35. The highest BCUT2D eigenvalue weighted by molar-refractivity contribution is 6.53. The smallest absolute Gasteiger partial charge is 0.343 e. The van der Waals surface area contributed by atoms with Crippen LogP contribution in [-0.2, 0) is 22.2 Å². The first kappa shape index (κ1) is 23.1. The van der Waals surface area contributed by atoms with Crippen LogP contribution in [0.2, 0.25) is 11.6 Å². The van der Waals surface area contributed by atoms with Crippen LogP contribution >= 0.6 is 0 Å². The molecule has 28 heavy (non-hydrogen) atoms. The molecule has 0 bridgehead atoms. The average molecular weight is 408 g/mol. The van der Waals surface area contributed by atoms with Crippen molar-refractivity contribution < 1.29 is 9.22 Å². The maximum absolute atomic E-state index is 12.6. The molecule has 0 atom stereocenters. The molecule has 0 spiro atoms. The van der Waals surface area contributed by atoms with Gasteiger partial charge in [0, 0.05) is 44.4 Å². The molecule has 7 heteroatoms. The zero-order valence-electron chi connectivity index (χ0n) is 18.7. The molecule has 2 heterocycles. The number of piperidine rings is 1. The van der Waals surface area contributed by atoms with Gasteiger partial charge in [0.1, 0.15) is 17.5 Å². The second kappa shape index (κ2) is 10.6. The molecule has 0 aromatic carbocycles. The van der Waals surface area contributed by atoms with Gasteiger partial charge in [-0.2, -0.15) is 0 Å². The fourth-order valence-corrected chi connectivity index (χ4v) is 4.81. The van der Waals surface area contributed by atoms with E-state index in [4.69, 9.17) is 4.43 Å². The molecule has 1 fully saturated rings. The number of nitrogens with zero attached hydrogens (tertiary/aromatic N) is 4. The Bertz CT molecular complexity index is 609. The van der Waals surface area contributed by atoms with Gasteiger partial charge in [0.2, 0.25) is 5.91 Å². The summed E-state index contributed by atoms with van der Waals surface area (Å²) in [6.45, 7) is 12.3. The first-order chi connectivity index (χ1) is 13.2. The van der Waals surface area contributed by atoms with Crippen molar-refractivity contribution in [1.29, 1.82) is 0 Å².